The average Bonchev–Trinajstić information content (AvgIpc) is 2.94. The number of carbonyl (C=O) groups excluding carboxylic acids is 1. The summed E-state index contributed by atoms with van der Waals surface area (Å²) in [5.41, 5.74) is -0.890. The minimum absolute atomic E-state index is 0.0489. The lowest BCUT2D eigenvalue weighted by Gasteiger charge is -2.34. The molecule has 4 N–H and O–H groups in total. The topological polar surface area (TPSA) is 98.0 Å². The SMILES string of the molecule is C/C1=C\[C@@H]2[C@H](C/C=C(/CO)[C@@H](O)[C@@H]3[C@@H](O)[C@@H](C)C[C@]3(O)C1=O)C2(C)C. The van der Waals surface area contributed by atoms with Crippen LogP contribution in [0.5, 0.6) is 0 Å². The molecule has 0 radical (unpaired) electrons. The monoisotopic (exact) mass is 350 g/mol. The second kappa shape index (κ2) is 6.02. The summed E-state index contributed by atoms with van der Waals surface area (Å²) in [6.45, 7) is 7.41. The van der Waals surface area contributed by atoms with Crippen molar-refractivity contribution in [3.05, 3.63) is 23.3 Å². The predicted octanol–water partition coefficient (Wildman–Crippen LogP) is 1.21. The first-order chi connectivity index (χ1) is 11.6. The second-order valence-electron chi connectivity index (χ2n) is 8.87. The Balaban J connectivity index is 2.10. The third-order valence-corrected chi connectivity index (χ3v) is 6.99. The highest BCUT2D eigenvalue weighted by molar-refractivity contribution is 6.02. The molecule has 0 amide bonds. The van der Waals surface area contributed by atoms with Gasteiger partial charge in [-0.3, -0.25) is 4.79 Å². The Hall–Kier alpha value is -1.01. The molecular formula is C20H30O5. The molecule has 2 fully saturated rings. The van der Waals surface area contributed by atoms with Crippen LogP contribution in [0.25, 0.3) is 0 Å². The second-order valence-corrected chi connectivity index (χ2v) is 8.87. The molecule has 3 aliphatic carbocycles. The Labute approximate surface area is 149 Å². The van der Waals surface area contributed by atoms with Crippen LogP contribution in [0.1, 0.15) is 40.5 Å². The smallest absolute Gasteiger partial charge is 0.190 e. The van der Waals surface area contributed by atoms with Gasteiger partial charge in [0.2, 0.25) is 0 Å². The summed E-state index contributed by atoms with van der Waals surface area (Å²) in [6, 6.07) is 0. The molecule has 0 aromatic rings. The number of hydrogen-bond donors (Lipinski definition) is 4. The van der Waals surface area contributed by atoms with Crippen LogP contribution in [0.15, 0.2) is 23.3 Å². The molecule has 0 aliphatic heterocycles. The van der Waals surface area contributed by atoms with Crippen molar-refractivity contribution < 1.29 is 25.2 Å². The molecule has 0 bridgehead atoms. The molecule has 7 atom stereocenters. The molecule has 3 aliphatic rings. The van der Waals surface area contributed by atoms with Gasteiger partial charge in [0, 0.05) is 0 Å². The molecular weight excluding hydrogens is 320 g/mol. The molecule has 5 heteroatoms. The Kier molecular flexibility index (Phi) is 4.52. The maximum Gasteiger partial charge on any atom is 0.190 e. The zero-order valence-electron chi connectivity index (χ0n) is 15.4. The lowest BCUT2D eigenvalue weighted by Crippen LogP contribution is -2.51. The summed E-state index contributed by atoms with van der Waals surface area (Å²) < 4.78 is 0. The van der Waals surface area contributed by atoms with E-state index < -0.39 is 29.5 Å². The number of aliphatic hydroxyl groups is 4. The first-order valence-electron chi connectivity index (χ1n) is 9.17. The van der Waals surface area contributed by atoms with Gasteiger partial charge in [-0.15, -0.1) is 0 Å². The molecule has 0 aromatic carbocycles. The minimum atomic E-state index is -1.81. The first-order valence-corrected chi connectivity index (χ1v) is 9.17. The number of Topliss-reactive ketones (excluding diaryl/α,β-unsaturated/α-hetero) is 1. The molecule has 0 spiro atoms. The van der Waals surface area contributed by atoms with E-state index in [-0.39, 0.29) is 30.3 Å². The Morgan fingerprint density at radius 3 is 2.52 bits per heavy atom. The van der Waals surface area contributed by atoms with E-state index in [4.69, 9.17) is 0 Å². The molecule has 0 unspecified atom stereocenters. The van der Waals surface area contributed by atoms with Crippen LogP contribution in [0, 0.1) is 29.1 Å². The van der Waals surface area contributed by atoms with Gasteiger partial charge in [0.05, 0.1) is 24.7 Å². The van der Waals surface area contributed by atoms with Crippen molar-refractivity contribution in [3.8, 4) is 0 Å². The Morgan fingerprint density at radius 2 is 1.92 bits per heavy atom. The van der Waals surface area contributed by atoms with E-state index >= 15 is 0 Å². The molecule has 25 heavy (non-hydrogen) atoms. The van der Waals surface area contributed by atoms with E-state index in [9.17, 15) is 25.2 Å². The standard InChI is InChI=1S/C20H30O5/c1-10-7-14-13(19(14,3)4)6-5-12(9-21)17(23)15-16(22)11(2)8-20(15,25)18(10)24/h5,7,11,13-17,21-23,25H,6,8-9H2,1-4H3/b10-7+,12-5-/t11-,13-,14+,15-,16-,17+,20+/m0/s1. The fourth-order valence-corrected chi connectivity index (χ4v) is 5.12. The number of fused-ring (bicyclic) bond motifs is 2. The molecule has 5 nitrogen and oxygen atoms in total. The highest BCUT2D eigenvalue weighted by atomic mass is 16.3. The summed E-state index contributed by atoms with van der Waals surface area (Å²) >= 11 is 0. The van der Waals surface area contributed by atoms with Crippen LogP contribution in [-0.2, 0) is 4.79 Å². The van der Waals surface area contributed by atoms with Crippen molar-refractivity contribution in [1.29, 1.82) is 0 Å². The Morgan fingerprint density at radius 1 is 1.28 bits per heavy atom. The van der Waals surface area contributed by atoms with E-state index in [1.54, 1.807) is 13.8 Å². The van der Waals surface area contributed by atoms with Gasteiger partial charge in [-0.25, -0.2) is 0 Å². The maximum absolute atomic E-state index is 13.1. The number of aliphatic hydroxyl groups excluding tert-OH is 3. The van der Waals surface area contributed by atoms with Crippen LogP contribution >= 0.6 is 0 Å². The number of rotatable bonds is 1. The molecule has 140 valence electrons. The van der Waals surface area contributed by atoms with Gasteiger partial charge in [-0.1, -0.05) is 32.9 Å². The molecule has 2 saturated carbocycles. The van der Waals surface area contributed by atoms with Gasteiger partial charge < -0.3 is 20.4 Å². The van der Waals surface area contributed by atoms with Gasteiger partial charge >= 0.3 is 0 Å². The Bertz CT molecular complexity index is 634. The van der Waals surface area contributed by atoms with Crippen LogP contribution < -0.4 is 0 Å². The average molecular weight is 350 g/mol. The zero-order valence-corrected chi connectivity index (χ0v) is 15.4. The lowest BCUT2D eigenvalue weighted by atomic mass is 9.77. The zero-order chi connectivity index (χ0) is 18.7. The van der Waals surface area contributed by atoms with Crippen LogP contribution in [0.2, 0.25) is 0 Å². The van der Waals surface area contributed by atoms with Gasteiger partial charge in [0.15, 0.2) is 5.78 Å². The first kappa shape index (κ1) is 18.8. The third kappa shape index (κ3) is 2.72. The van der Waals surface area contributed by atoms with Gasteiger partial charge in [-0.2, -0.15) is 0 Å². The predicted molar refractivity (Wildman–Crippen MR) is 93.5 cm³/mol. The van der Waals surface area contributed by atoms with E-state index in [0.29, 0.717) is 23.5 Å². The molecule has 0 saturated heterocycles. The summed E-state index contributed by atoms with van der Waals surface area (Å²) in [5, 5.41) is 42.3. The van der Waals surface area contributed by atoms with Crippen molar-refractivity contribution in [1.82, 2.24) is 0 Å². The number of hydrogen-bond acceptors (Lipinski definition) is 5. The minimum Gasteiger partial charge on any atom is -0.392 e. The summed E-state index contributed by atoms with van der Waals surface area (Å²) in [6.07, 6.45) is 2.33. The van der Waals surface area contributed by atoms with E-state index in [2.05, 4.69) is 13.8 Å². The van der Waals surface area contributed by atoms with Crippen molar-refractivity contribution >= 4 is 5.78 Å². The molecule has 3 rings (SSSR count). The van der Waals surface area contributed by atoms with Crippen LogP contribution in [0.3, 0.4) is 0 Å². The van der Waals surface area contributed by atoms with E-state index in [1.165, 1.54) is 0 Å². The maximum atomic E-state index is 13.1. The fraction of sp³-hybridized carbons (Fsp3) is 0.750. The van der Waals surface area contributed by atoms with Gasteiger partial charge in [0.1, 0.15) is 5.60 Å². The van der Waals surface area contributed by atoms with Crippen molar-refractivity contribution in [2.45, 2.75) is 58.3 Å². The number of carbonyl (C=O) groups is 1. The third-order valence-electron chi connectivity index (χ3n) is 6.99. The quantitative estimate of drug-likeness (QED) is 0.533. The van der Waals surface area contributed by atoms with Crippen molar-refractivity contribution in [2.24, 2.45) is 29.1 Å². The van der Waals surface area contributed by atoms with E-state index in [1.807, 2.05) is 12.2 Å². The number of allylic oxidation sites excluding steroid dienone is 2. The van der Waals surface area contributed by atoms with E-state index in [0.717, 1.165) is 0 Å². The highest BCUT2D eigenvalue weighted by Crippen LogP contribution is 2.61. The summed E-state index contributed by atoms with van der Waals surface area (Å²) in [7, 11) is 0. The van der Waals surface area contributed by atoms with Crippen molar-refractivity contribution in [3.63, 3.8) is 0 Å². The van der Waals surface area contributed by atoms with Crippen molar-refractivity contribution in [2.75, 3.05) is 6.61 Å². The van der Waals surface area contributed by atoms with Crippen LogP contribution in [-0.4, -0.2) is 50.6 Å². The van der Waals surface area contributed by atoms with Gasteiger partial charge in [0.25, 0.3) is 0 Å². The largest absolute Gasteiger partial charge is 0.392 e. The summed E-state index contributed by atoms with van der Waals surface area (Å²) in [4.78, 5) is 13.1. The van der Waals surface area contributed by atoms with Crippen LogP contribution in [0.4, 0.5) is 0 Å². The lowest BCUT2D eigenvalue weighted by molar-refractivity contribution is -0.144. The number of ketones is 1. The fourth-order valence-electron chi connectivity index (χ4n) is 5.12. The molecule has 0 heterocycles. The summed E-state index contributed by atoms with van der Waals surface area (Å²) in [5.74, 6) is -1.19. The normalized spacial score (nSPS) is 50.6. The highest BCUT2D eigenvalue weighted by Gasteiger charge is 2.60. The van der Waals surface area contributed by atoms with Gasteiger partial charge in [-0.05, 0) is 54.1 Å². The molecule has 0 aromatic heterocycles.